The lowest BCUT2D eigenvalue weighted by molar-refractivity contribution is 0.577. The van der Waals surface area contributed by atoms with Gasteiger partial charge in [-0.05, 0) is 17.4 Å². The molecule has 14 heavy (non-hydrogen) atoms. The van der Waals surface area contributed by atoms with Gasteiger partial charge in [-0.15, -0.1) is 0 Å². The van der Waals surface area contributed by atoms with Gasteiger partial charge in [0.1, 0.15) is 5.84 Å². The SMILES string of the molecule is CC1(C)CC1(C(=N)N)c1ccccc1. The molecule has 0 aliphatic heterocycles. The summed E-state index contributed by atoms with van der Waals surface area (Å²) in [4.78, 5) is 0. The summed E-state index contributed by atoms with van der Waals surface area (Å²) in [6, 6.07) is 10.1. The molecule has 1 fully saturated rings. The Hall–Kier alpha value is -1.31. The Morgan fingerprint density at radius 3 is 2.14 bits per heavy atom. The van der Waals surface area contributed by atoms with Gasteiger partial charge in [0.15, 0.2) is 0 Å². The predicted molar refractivity (Wildman–Crippen MR) is 58.4 cm³/mol. The first kappa shape index (κ1) is 9.25. The first-order chi connectivity index (χ1) is 6.51. The van der Waals surface area contributed by atoms with Crippen molar-refractivity contribution in [1.29, 1.82) is 5.41 Å². The second-order valence-electron chi connectivity index (χ2n) is 4.75. The molecule has 0 bridgehead atoms. The van der Waals surface area contributed by atoms with Crippen molar-refractivity contribution in [2.45, 2.75) is 25.7 Å². The van der Waals surface area contributed by atoms with E-state index in [1.54, 1.807) is 0 Å². The van der Waals surface area contributed by atoms with Crippen LogP contribution in [-0.2, 0) is 5.41 Å². The van der Waals surface area contributed by atoms with Gasteiger partial charge in [-0.1, -0.05) is 44.2 Å². The number of amidine groups is 1. The standard InChI is InChI=1S/C12H16N2/c1-11(2)8-12(11,10(13)14)9-6-4-3-5-7-9/h3-7H,8H2,1-2H3,(H3,13,14). The van der Waals surface area contributed by atoms with E-state index in [1.807, 2.05) is 18.2 Å². The average molecular weight is 188 g/mol. The summed E-state index contributed by atoms with van der Waals surface area (Å²) < 4.78 is 0. The molecule has 1 aromatic carbocycles. The highest BCUT2D eigenvalue weighted by Gasteiger charge is 2.64. The number of hydrogen-bond donors (Lipinski definition) is 2. The smallest absolute Gasteiger partial charge is 0.102 e. The molecule has 0 aromatic heterocycles. The van der Waals surface area contributed by atoms with Gasteiger partial charge in [-0.3, -0.25) is 5.41 Å². The van der Waals surface area contributed by atoms with Gasteiger partial charge in [-0.25, -0.2) is 0 Å². The fraction of sp³-hybridized carbons (Fsp3) is 0.417. The molecule has 3 N–H and O–H groups in total. The molecule has 2 rings (SSSR count). The van der Waals surface area contributed by atoms with Gasteiger partial charge in [0.2, 0.25) is 0 Å². The number of nitrogens with one attached hydrogen (secondary N) is 1. The van der Waals surface area contributed by atoms with E-state index in [9.17, 15) is 0 Å². The molecule has 1 unspecified atom stereocenters. The highest BCUT2D eigenvalue weighted by Crippen LogP contribution is 2.64. The Bertz CT molecular complexity index is 367. The maximum atomic E-state index is 7.73. The summed E-state index contributed by atoms with van der Waals surface area (Å²) in [5.41, 5.74) is 6.84. The van der Waals surface area contributed by atoms with E-state index in [4.69, 9.17) is 11.1 Å². The molecule has 1 aromatic rings. The first-order valence-corrected chi connectivity index (χ1v) is 4.91. The van der Waals surface area contributed by atoms with Gasteiger partial charge >= 0.3 is 0 Å². The predicted octanol–water partition coefficient (Wildman–Crippen LogP) is 2.29. The van der Waals surface area contributed by atoms with Gasteiger partial charge < -0.3 is 5.73 Å². The van der Waals surface area contributed by atoms with Gasteiger partial charge in [0.05, 0.1) is 5.41 Å². The second-order valence-corrected chi connectivity index (χ2v) is 4.75. The van der Waals surface area contributed by atoms with Crippen LogP contribution in [0.4, 0.5) is 0 Å². The fourth-order valence-corrected chi connectivity index (χ4v) is 2.45. The molecular formula is C12H16N2. The zero-order valence-corrected chi connectivity index (χ0v) is 8.67. The molecule has 1 aliphatic carbocycles. The Kier molecular flexibility index (Phi) is 1.71. The summed E-state index contributed by atoms with van der Waals surface area (Å²) in [6.45, 7) is 4.34. The first-order valence-electron chi connectivity index (χ1n) is 4.91. The number of rotatable bonds is 2. The van der Waals surface area contributed by atoms with Crippen molar-refractivity contribution in [2.24, 2.45) is 11.1 Å². The van der Waals surface area contributed by atoms with E-state index in [1.165, 1.54) is 5.56 Å². The quantitative estimate of drug-likeness (QED) is 0.543. The minimum Gasteiger partial charge on any atom is -0.387 e. The second kappa shape index (κ2) is 2.59. The summed E-state index contributed by atoms with van der Waals surface area (Å²) in [5.74, 6) is 0.300. The maximum Gasteiger partial charge on any atom is 0.102 e. The van der Waals surface area contributed by atoms with E-state index < -0.39 is 0 Å². The van der Waals surface area contributed by atoms with Crippen LogP contribution in [0.25, 0.3) is 0 Å². The third kappa shape index (κ3) is 0.999. The van der Waals surface area contributed by atoms with Crippen molar-refractivity contribution >= 4 is 5.84 Å². The lowest BCUT2D eigenvalue weighted by Crippen LogP contribution is -2.32. The monoisotopic (exact) mass is 188 g/mol. The van der Waals surface area contributed by atoms with Gasteiger partial charge in [-0.2, -0.15) is 0 Å². The van der Waals surface area contributed by atoms with Crippen molar-refractivity contribution < 1.29 is 0 Å². The van der Waals surface area contributed by atoms with Crippen molar-refractivity contribution in [2.75, 3.05) is 0 Å². The van der Waals surface area contributed by atoms with Crippen LogP contribution in [-0.4, -0.2) is 5.84 Å². The molecule has 0 saturated heterocycles. The molecule has 74 valence electrons. The van der Waals surface area contributed by atoms with Crippen LogP contribution in [0.1, 0.15) is 25.8 Å². The molecule has 0 radical (unpaired) electrons. The Morgan fingerprint density at radius 2 is 1.79 bits per heavy atom. The third-order valence-corrected chi connectivity index (χ3v) is 3.46. The van der Waals surface area contributed by atoms with E-state index in [0.29, 0.717) is 5.84 Å². The summed E-state index contributed by atoms with van der Waals surface area (Å²) >= 11 is 0. The zero-order chi connectivity index (χ0) is 10.4. The van der Waals surface area contributed by atoms with Crippen LogP contribution in [0.5, 0.6) is 0 Å². The Morgan fingerprint density at radius 1 is 1.29 bits per heavy atom. The molecule has 0 heterocycles. The highest BCUT2D eigenvalue weighted by molar-refractivity contribution is 5.93. The molecule has 2 heteroatoms. The van der Waals surface area contributed by atoms with Crippen LogP contribution < -0.4 is 5.73 Å². The average Bonchev–Trinajstić information content (AvgIpc) is 2.72. The fourth-order valence-electron chi connectivity index (χ4n) is 2.45. The normalized spacial score (nSPS) is 28.4. The van der Waals surface area contributed by atoms with Crippen LogP contribution in [0, 0.1) is 10.8 Å². The van der Waals surface area contributed by atoms with E-state index in [-0.39, 0.29) is 10.8 Å². The topological polar surface area (TPSA) is 49.9 Å². The summed E-state index contributed by atoms with van der Waals surface area (Å²) in [6.07, 6.45) is 0.985. The molecule has 0 amide bonds. The van der Waals surface area contributed by atoms with Crippen LogP contribution in [0.2, 0.25) is 0 Å². The Labute approximate surface area is 84.6 Å². The van der Waals surface area contributed by atoms with Crippen molar-refractivity contribution in [3.8, 4) is 0 Å². The van der Waals surface area contributed by atoms with Crippen LogP contribution in [0.15, 0.2) is 30.3 Å². The van der Waals surface area contributed by atoms with Gasteiger partial charge in [0, 0.05) is 0 Å². The van der Waals surface area contributed by atoms with E-state index >= 15 is 0 Å². The lowest BCUT2D eigenvalue weighted by Gasteiger charge is -2.19. The van der Waals surface area contributed by atoms with Crippen LogP contribution in [0.3, 0.4) is 0 Å². The van der Waals surface area contributed by atoms with Crippen molar-refractivity contribution in [3.63, 3.8) is 0 Å². The lowest BCUT2D eigenvalue weighted by atomic mass is 9.87. The summed E-state index contributed by atoms with van der Waals surface area (Å²) in [7, 11) is 0. The summed E-state index contributed by atoms with van der Waals surface area (Å²) in [5, 5.41) is 7.73. The van der Waals surface area contributed by atoms with Crippen molar-refractivity contribution in [1.82, 2.24) is 0 Å². The molecule has 1 saturated carbocycles. The van der Waals surface area contributed by atoms with Crippen molar-refractivity contribution in [3.05, 3.63) is 35.9 Å². The number of nitrogens with two attached hydrogens (primary N) is 1. The molecule has 2 nitrogen and oxygen atoms in total. The zero-order valence-electron chi connectivity index (χ0n) is 8.67. The molecule has 0 spiro atoms. The highest BCUT2D eigenvalue weighted by atomic mass is 14.8. The molecule has 1 atom stereocenters. The van der Waals surface area contributed by atoms with Gasteiger partial charge in [0.25, 0.3) is 0 Å². The largest absolute Gasteiger partial charge is 0.387 e. The Balaban J connectivity index is 2.47. The molecular weight excluding hydrogens is 172 g/mol. The number of hydrogen-bond acceptors (Lipinski definition) is 1. The van der Waals surface area contributed by atoms with Crippen LogP contribution >= 0.6 is 0 Å². The maximum absolute atomic E-state index is 7.73. The van der Waals surface area contributed by atoms with E-state index in [0.717, 1.165) is 6.42 Å². The third-order valence-electron chi connectivity index (χ3n) is 3.46. The van der Waals surface area contributed by atoms with E-state index in [2.05, 4.69) is 26.0 Å². The minimum absolute atomic E-state index is 0.139. The number of benzene rings is 1. The molecule has 1 aliphatic rings. The minimum atomic E-state index is -0.200.